The molecule has 1 aromatic rings. The van der Waals surface area contributed by atoms with Gasteiger partial charge in [0, 0.05) is 44.4 Å². The van der Waals surface area contributed by atoms with E-state index in [1.807, 2.05) is 0 Å². The molecule has 2 saturated heterocycles. The molecule has 2 amide bonds. The first-order valence-electron chi connectivity index (χ1n) is 11.5. The van der Waals surface area contributed by atoms with Gasteiger partial charge in [-0.05, 0) is 36.8 Å². The molecule has 0 unspecified atom stereocenters. The Kier molecular flexibility index (Phi) is 6.53. The topological polar surface area (TPSA) is 61.4 Å². The highest BCUT2D eigenvalue weighted by molar-refractivity contribution is 5.84. The van der Waals surface area contributed by atoms with Crippen molar-refractivity contribution in [1.29, 1.82) is 0 Å². The number of benzene rings is 1. The van der Waals surface area contributed by atoms with Crippen LogP contribution in [0.1, 0.15) is 68.5 Å². The second kappa shape index (κ2) is 9.29. The van der Waals surface area contributed by atoms with Crippen LogP contribution in [0.25, 0.3) is 0 Å². The van der Waals surface area contributed by atoms with Gasteiger partial charge in [-0.1, -0.05) is 49.9 Å². The fourth-order valence-electron chi connectivity index (χ4n) is 5.58. The highest BCUT2D eigenvalue weighted by Crippen LogP contribution is 2.43. The van der Waals surface area contributed by atoms with E-state index >= 15 is 0 Å². The lowest BCUT2D eigenvalue weighted by Crippen LogP contribution is -2.37. The molecule has 3 atom stereocenters. The zero-order chi connectivity index (χ0) is 20.2. The van der Waals surface area contributed by atoms with Crippen LogP contribution in [0.4, 0.5) is 0 Å². The van der Waals surface area contributed by atoms with Gasteiger partial charge in [0.1, 0.15) is 0 Å². The number of hydrogen-bond acceptors (Lipinski definition) is 3. The molecule has 29 heavy (non-hydrogen) atoms. The molecule has 2 aliphatic heterocycles. The van der Waals surface area contributed by atoms with Crippen LogP contribution in [0.2, 0.25) is 0 Å². The normalized spacial score (nSPS) is 27.5. The second-order valence-corrected chi connectivity index (χ2v) is 9.19. The Bertz CT molecular complexity index is 727. The van der Waals surface area contributed by atoms with E-state index in [0.717, 1.165) is 32.5 Å². The minimum absolute atomic E-state index is 0.0405. The summed E-state index contributed by atoms with van der Waals surface area (Å²) in [7, 11) is 0. The third-order valence-electron chi connectivity index (χ3n) is 7.18. The number of fused-ring (bicyclic) bond motifs is 1. The number of carbonyl (C=O) groups is 2. The summed E-state index contributed by atoms with van der Waals surface area (Å²) in [6, 6.07) is 8.86. The van der Waals surface area contributed by atoms with E-state index in [1.54, 1.807) is 0 Å². The maximum atomic E-state index is 13.1. The first kappa shape index (κ1) is 20.4. The summed E-state index contributed by atoms with van der Waals surface area (Å²) in [5, 5.41) is 6.68. The highest BCUT2D eigenvalue weighted by Gasteiger charge is 2.46. The number of rotatable bonds is 5. The molecular formula is C24H35N3O2. The van der Waals surface area contributed by atoms with Crippen molar-refractivity contribution in [3.05, 3.63) is 35.4 Å². The van der Waals surface area contributed by atoms with Gasteiger partial charge in [-0.3, -0.25) is 9.59 Å². The number of carbonyl (C=O) groups excluding carboxylic acids is 2. The summed E-state index contributed by atoms with van der Waals surface area (Å²) >= 11 is 0. The molecule has 0 radical (unpaired) electrons. The summed E-state index contributed by atoms with van der Waals surface area (Å²) in [4.78, 5) is 27.7. The summed E-state index contributed by atoms with van der Waals surface area (Å²) in [6.07, 6.45) is 7.73. The van der Waals surface area contributed by atoms with Crippen molar-refractivity contribution >= 4 is 11.8 Å². The number of nitrogens with zero attached hydrogens (tertiary/aromatic N) is 1. The van der Waals surface area contributed by atoms with Gasteiger partial charge in [-0.15, -0.1) is 0 Å². The van der Waals surface area contributed by atoms with Crippen LogP contribution in [0.15, 0.2) is 24.3 Å². The van der Waals surface area contributed by atoms with Crippen LogP contribution in [-0.2, 0) is 9.59 Å². The maximum Gasteiger partial charge on any atom is 0.223 e. The van der Waals surface area contributed by atoms with Crippen molar-refractivity contribution in [2.45, 2.75) is 70.4 Å². The molecule has 1 aliphatic carbocycles. The van der Waals surface area contributed by atoms with Crippen molar-refractivity contribution in [2.75, 3.05) is 19.6 Å². The molecule has 2 heterocycles. The first-order valence-corrected chi connectivity index (χ1v) is 11.5. The van der Waals surface area contributed by atoms with E-state index in [-0.39, 0.29) is 17.9 Å². The molecule has 3 aliphatic rings. The Labute approximate surface area is 174 Å². The fourth-order valence-corrected chi connectivity index (χ4v) is 5.58. The zero-order valence-corrected chi connectivity index (χ0v) is 17.7. The third-order valence-corrected chi connectivity index (χ3v) is 7.18. The number of hydrogen-bond donors (Lipinski definition) is 2. The van der Waals surface area contributed by atoms with Gasteiger partial charge in [0.15, 0.2) is 0 Å². The number of likely N-dealkylation sites (tertiary alicyclic amines) is 1. The molecule has 1 saturated carbocycles. The Balaban J connectivity index is 1.38. The van der Waals surface area contributed by atoms with Gasteiger partial charge in [0.05, 0.1) is 6.04 Å². The minimum Gasteiger partial charge on any atom is -0.353 e. The average Bonchev–Trinajstić information content (AvgIpc) is 3.21. The van der Waals surface area contributed by atoms with Crippen molar-refractivity contribution in [3.63, 3.8) is 0 Å². The molecule has 0 aromatic heterocycles. The van der Waals surface area contributed by atoms with E-state index in [9.17, 15) is 9.59 Å². The lowest BCUT2D eigenvalue weighted by molar-refractivity contribution is -0.135. The Hall–Kier alpha value is -1.88. The molecule has 5 heteroatoms. The number of nitrogens with one attached hydrogen (secondary N) is 2. The SMILES string of the molecule is Cc1ccccc1[C@@H]1[C@H]2CNC[C@H]2CN1C(=O)CCC(=O)NC1CCCCCC1. The lowest BCUT2D eigenvalue weighted by Gasteiger charge is -2.29. The van der Waals surface area contributed by atoms with Crippen molar-refractivity contribution < 1.29 is 9.59 Å². The quantitative estimate of drug-likeness (QED) is 0.749. The monoisotopic (exact) mass is 397 g/mol. The molecule has 0 bridgehead atoms. The third kappa shape index (κ3) is 4.66. The molecule has 4 rings (SSSR count). The van der Waals surface area contributed by atoms with Crippen molar-refractivity contribution in [2.24, 2.45) is 11.8 Å². The van der Waals surface area contributed by atoms with Gasteiger partial charge in [0.25, 0.3) is 0 Å². The Morgan fingerprint density at radius 1 is 1.07 bits per heavy atom. The van der Waals surface area contributed by atoms with E-state index in [0.29, 0.717) is 30.7 Å². The van der Waals surface area contributed by atoms with Gasteiger partial charge >= 0.3 is 0 Å². The van der Waals surface area contributed by atoms with Gasteiger partial charge < -0.3 is 15.5 Å². The molecule has 3 fully saturated rings. The predicted molar refractivity (Wildman–Crippen MR) is 114 cm³/mol. The summed E-state index contributed by atoms with van der Waals surface area (Å²) < 4.78 is 0. The summed E-state index contributed by atoms with van der Waals surface area (Å²) in [5.41, 5.74) is 2.51. The van der Waals surface area contributed by atoms with Crippen LogP contribution in [0, 0.1) is 18.8 Å². The Morgan fingerprint density at radius 2 is 1.83 bits per heavy atom. The highest BCUT2D eigenvalue weighted by atomic mass is 16.2. The summed E-state index contributed by atoms with van der Waals surface area (Å²) in [6.45, 7) is 4.89. The zero-order valence-electron chi connectivity index (χ0n) is 17.7. The lowest BCUT2D eigenvalue weighted by atomic mass is 9.87. The van der Waals surface area contributed by atoms with E-state index in [1.165, 1.54) is 36.8 Å². The predicted octanol–water partition coefficient (Wildman–Crippen LogP) is 3.33. The van der Waals surface area contributed by atoms with E-state index in [2.05, 4.69) is 46.7 Å². The van der Waals surface area contributed by atoms with Gasteiger partial charge in [-0.2, -0.15) is 0 Å². The van der Waals surface area contributed by atoms with Crippen molar-refractivity contribution in [3.8, 4) is 0 Å². The van der Waals surface area contributed by atoms with Crippen LogP contribution in [-0.4, -0.2) is 42.4 Å². The molecule has 158 valence electrons. The second-order valence-electron chi connectivity index (χ2n) is 9.19. The van der Waals surface area contributed by atoms with Crippen LogP contribution < -0.4 is 10.6 Å². The minimum atomic E-state index is 0.0405. The van der Waals surface area contributed by atoms with Crippen LogP contribution in [0.3, 0.4) is 0 Å². The first-order chi connectivity index (χ1) is 14.1. The standard InChI is InChI=1S/C24H35N3O2/c1-17-8-6-7-11-20(17)24-21-15-25-14-18(21)16-27(24)23(29)13-12-22(28)26-19-9-4-2-3-5-10-19/h6-8,11,18-19,21,24-25H,2-5,9-10,12-16H2,1H3,(H,26,28)/t18-,21-,24+/m0/s1. The maximum absolute atomic E-state index is 13.1. The number of amides is 2. The fraction of sp³-hybridized carbons (Fsp3) is 0.667. The van der Waals surface area contributed by atoms with E-state index in [4.69, 9.17) is 0 Å². The average molecular weight is 398 g/mol. The van der Waals surface area contributed by atoms with Crippen LogP contribution >= 0.6 is 0 Å². The molecule has 2 N–H and O–H groups in total. The van der Waals surface area contributed by atoms with E-state index < -0.39 is 0 Å². The number of aryl methyl sites for hydroxylation is 1. The summed E-state index contributed by atoms with van der Waals surface area (Å²) in [5.74, 6) is 1.16. The smallest absolute Gasteiger partial charge is 0.223 e. The van der Waals surface area contributed by atoms with Gasteiger partial charge in [0.2, 0.25) is 11.8 Å². The molecule has 0 spiro atoms. The Morgan fingerprint density at radius 3 is 2.59 bits per heavy atom. The molecule has 5 nitrogen and oxygen atoms in total. The molecule has 1 aromatic carbocycles. The van der Waals surface area contributed by atoms with Crippen LogP contribution in [0.5, 0.6) is 0 Å². The largest absolute Gasteiger partial charge is 0.353 e. The van der Waals surface area contributed by atoms with Gasteiger partial charge in [-0.25, -0.2) is 0 Å². The van der Waals surface area contributed by atoms with Crippen molar-refractivity contribution in [1.82, 2.24) is 15.5 Å². The molecular weight excluding hydrogens is 362 g/mol.